The molecule has 0 aromatic heterocycles. The Balaban J connectivity index is 1.85. The molecule has 0 spiro atoms. The van der Waals surface area contributed by atoms with Crippen molar-refractivity contribution in [2.45, 2.75) is 70.5 Å². The third-order valence-corrected chi connectivity index (χ3v) is 7.33. The summed E-state index contributed by atoms with van der Waals surface area (Å²) in [5, 5.41) is 3.13. The van der Waals surface area contributed by atoms with E-state index < -0.39 is 6.04 Å². The number of carbonyl (C=O) groups is 2. The zero-order valence-corrected chi connectivity index (χ0v) is 22.7. The molecule has 4 nitrogen and oxygen atoms in total. The zero-order valence-electron chi connectivity index (χ0n) is 21.9. The third-order valence-electron chi connectivity index (χ3n) is 6.31. The number of nitrogens with one attached hydrogen (secondary N) is 1. The van der Waals surface area contributed by atoms with Crippen LogP contribution in [0.5, 0.6) is 0 Å². The SMILES string of the molecule is CC[C@H](C)NC(=O)[C@@H](Cc1ccccc1)N(Cc1cccc(C)c1)C(=O)CCSc1ccc(C)cc1. The molecule has 0 unspecified atom stereocenters. The van der Waals surface area contributed by atoms with Crippen molar-refractivity contribution >= 4 is 23.6 Å². The number of hydrogen-bond donors (Lipinski definition) is 1. The highest BCUT2D eigenvalue weighted by molar-refractivity contribution is 7.99. The molecule has 0 radical (unpaired) electrons. The number of benzene rings is 3. The van der Waals surface area contributed by atoms with Crippen molar-refractivity contribution in [2.24, 2.45) is 0 Å². The van der Waals surface area contributed by atoms with Gasteiger partial charge < -0.3 is 10.2 Å². The number of nitrogens with zero attached hydrogens (tertiary/aromatic N) is 1. The number of amides is 2. The Hall–Kier alpha value is -3.05. The molecule has 0 aliphatic heterocycles. The van der Waals surface area contributed by atoms with Crippen molar-refractivity contribution in [1.82, 2.24) is 10.2 Å². The van der Waals surface area contributed by atoms with Crippen LogP contribution in [0.25, 0.3) is 0 Å². The summed E-state index contributed by atoms with van der Waals surface area (Å²) in [5.41, 5.74) is 4.43. The van der Waals surface area contributed by atoms with Crippen molar-refractivity contribution in [2.75, 3.05) is 5.75 Å². The maximum Gasteiger partial charge on any atom is 0.243 e. The van der Waals surface area contributed by atoms with Gasteiger partial charge in [-0.05, 0) is 50.5 Å². The maximum atomic E-state index is 13.7. The first-order valence-corrected chi connectivity index (χ1v) is 13.7. The fourth-order valence-corrected chi connectivity index (χ4v) is 4.88. The minimum Gasteiger partial charge on any atom is -0.352 e. The molecule has 0 aliphatic rings. The Morgan fingerprint density at radius 3 is 2.25 bits per heavy atom. The Kier molecular flexibility index (Phi) is 10.6. The number of aryl methyl sites for hydroxylation is 2. The zero-order chi connectivity index (χ0) is 25.9. The minimum absolute atomic E-state index is 0.00338. The molecule has 0 fully saturated rings. The molecule has 0 aliphatic carbocycles. The molecule has 0 bridgehead atoms. The second-order valence-corrected chi connectivity index (χ2v) is 10.6. The monoisotopic (exact) mass is 502 g/mol. The summed E-state index contributed by atoms with van der Waals surface area (Å²) in [6.45, 7) is 8.57. The number of thioether (sulfide) groups is 1. The minimum atomic E-state index is -0.584. The average Bonchev–Trinajstić information content (AvgIpc) is 2.87. The fourth-order valence-electron chi connectivity index (χ4n) is 4.04. The fraction of sp³-hybridized carbons (Fsp3) is 0.355. The molecular formula is C31H38N2O2S. The van der Waals surface area contributed by atoms with Gasteiger partial charge in [0.2, 0.25) is 11.8 Å². The smallest absolute Gasteiger partial charge is 0.243 e. The Labute approximate surface area is 220 Å². The van der Waals surface area contributed by atoms with E-state index in [0.29, 0.717) is 25.1 Å². The molecule has 36 heavy (non-hydrogen) atoms. The summed E-state index contributed by atoms with van der Waals surface area (Å²) in [5.74, 6) is 0.564. The standard InChI is InChI=1S/C31H38N2O2S/c1-5-25(4)32-31(35)29(21-26-11-7-6-8-12-26)33(22-27-13-9-10-24(3)20-27)30(34)18-19-36-28-16-14-23(2)15-17-28/h6-17,20,25,29H,5,18-19,21-22H2,1-4H3,(H,32,35)/t25-,29+/m0/s1. The van der Waals surface area contributed by atoms with E-state index in [4.69, 9.17) is 0 Å². The number of carbonyl (C=O) groups excluding carboxylic acids is 2. The summed E-state index contributed by atoms with van der Waals surface area (Å²) in [7, 11) is 0. The van der Waals surface area contributed by atoms with E-state index in [2.05, 4.69) is 49.5 Å². The largest absolute Gasteiger partial charge is 0.352 e. The molecule has 2 atom stereocenters. The van der Waals surface area contributed by atoms with Crippen LogP contribution in [0, 0.1) is 13.8 Å². The van der Waals surface area contributed by atoms with Gasteiger partial charge in [-0.15, -0.1) is 11.8 Å². The first-order valence-electron chi connectivity index (χ1n) is 12.7. The molecule has 5 heteroatoms. The lowest BCUT2D eigenvalue weighted by Crippen LogP contribution is -2.52. The lowest BCUT2D eigenvalue weighted by Gasteiger charge is -2.32. The van der Waals surface area contributed by atoms with Gasteiger partial charge in [0, 0.05) is 36.1 Å². The average molecular weight is 503 g/mol. The maximum absolute atomic E-state index is 13.7. The van der Waals surface area contributed by atoms with Gasteiger partial charge in [-0.2, -0.15) is 0 Å². The van der Waals surface area contributed by atoms with Gasteiger partial charge in [0.15, 0.2) is 0 Å². The third kappa shape index (κ3) is 8.56. The topological polar surface area (TPSA) is 49.4 Å². The molecule has 1 N–H and O–H groups in total. The Morgan fingerprint density at radius 1 is 0.889 bits per heavy atom. The van der Waals surface area contributed by atoms with Crippen LogP contribution in [-0.4, -0.2) is 34.6 Å². The molecule has 0 saturated carbocycles. The molecular weight excluding hydrogens is 464 g/mol. The van der Waals surface area contributed by atoms with E-state index in [1.54, 1.807) is 16.7 Å². The molecule has 3 aromatic rings. The highest BCUT2D eigenvalue weighted by atomic mass is 32.2. The van der Waals surface area contributed by atoms with Gasteiger partial charge in [0.1, 0.15) is 6.04 Å². The van der Waals surface area contributed by atoms with Crippen LogP contribution in [-0.2, 0) is 22.6 Å². The van der Waals surface area contributed by atoms with Gasteiger partial charge in [0.05, 0.1) is 0 Å². The number of hydrogen-bond acceptors (Lipinski definition) is 3. The molecule has 0 heterocycles. The van der Waals surface area contributed by atoms with Crippen LogP contribution in [0.3, 0.4) is 0 Å². The first kappa shape index (κ1) is 27.5. The van der Waals surface area contributed by atoms with Crippen molar-refractivity contribution < 1.29 is 9.59 Å². The molecule has 2 amide bonds. The second kappa shape index (κ2) is 13.9. The van der Waals surface area contributed by atoms with Gasteiger partial charge in [0.25, 0.3) is 0 Å². The Bertz CT molecular complexity index is 1110. The van der Waals surface area contributed by atoms with Gasteiger partial charge >= 0.3 is 0 Å². The van der Waals surface area contributed by atoms with Crippen molar-refractivity contribution in [1.29, 1.82) is 0 Å². The highest BCUT2D eigenvalue weighted by Crippen LogP contribution is 2.22. The highest BCUT2D eigenvalue weighted by Gasteiger charge is 2.30. The van der Waals surface area contributed by atoms with Crippen LogP contribution in [0.1, 0.15) is 48.9 Å². The van der Waals surface area contributed by atoms with Gasteiger partial charge in [-0.1, -0.05) is 84.8 Å². The van der Waals surface area contributed by atoms with Gasteiger partial charge in [-0.3, -0.25) is 9.59 Å². The lowest BCUT2D eigenvalue weighted by atomic mass is 10.0. The van der Waals surface area contributed by atoms with Crippen LogP contribution in [0.2, 0.25) is 0 Å². The number of rotatable bonds is 12. The van der Waals surface area contributed by atoms with Crippen LogP contribution in [0.4, 0.5) is 0 Å². The summed E-state index contributed by atoms with van der Waals surface area (Å²) < 4.78 is 0. The van der Waals surface area contributed by atoms with E-state index in [9.17, 15) is 9.59 Å². The first-order chi connectivity index (χ1) is 17.4. The van der Waals surface area contributed by atoms with Crippen molar-refractivity contribution in [3.8, 4) is 0 Å². The molecule has 3 rings (SSSR count). The predicted molar refractivity (Wildman–Crippen MR) is 150 cm³/mol. The van der Waals surface area contributed by atoms with Crippen LogP contribution in [0.15, 0.2) is 83.8 Å². The van der Waals surface area contributed by atoms with Crippen molar-refractivity contribution in [3.05, 3.63) is 101 Å². The van der Waals surface area contributed by atoms with E-state index >= 15 is 0 Å². The normalized spacial score (nSPS) is 12.6. The van der Waals surface area contributed by atoms with Crippen LogP contribution >= 0.6 is 11.8 Å². The lowest BCUT2D eigenvalue weighted by molar-refractivity contribution is -0.141. The summed E-state index contributed by atoms with van der Waals surface area (Å²) in [6.07, 6.45) is 1.68. The van der Waals surface area contributed by atoms with Crippen LogP contribution < -0.4 is 5.32 Å². The van der Waals surface area contributed by atoms with Crippen molar-refractivity contribution in [3.63, 3.8) is 0 Å². The molecule has 190 valence electrons. The van der Waals surface area contributed by atoms with E-state index in [0.717, 1.165) is 28.0 Å². The van der Waals surface area contributed by atoms with E-state index in [1.807, 2.05) is 62.4 Å². The molecule has 3 aromatic carbocycles. The summed E-state index contributed by atoms with van der Waals surface area (Å²) in [4.78, 5) is 30.2. The van der Waals surface area contributed by atoms with E-state index in [1.165, 1.54) is 5.56 Å². The van der Waals surface area contributed by atoms with E-state index in [-0.39, 0.29) is 17.9 Å². The predicted octanol–water partition coefficient (Wildman–Crippen LogP) is 6.34. The Morgan fingerprint density at radius 2 is 1.58 bits per heavy atom. The van der Waals surface area contributed by atoms with Gasteiger partial charge in [-0.25, -0.2) is 0 Å². The quantitative estimate of drug-likeness (QED) is 0.294. The second-order valence-electron chi connectivity index (χ2n) is 9.45. The molecule has 0 saturated heterocycles. The summed E-state index contributed by atoms with van der Waals surface area (Å²) in [6, 6.07) is 25.9. The summed E-state index contributed by atoms with van der Waals surface area (Å²) >= 11 is 1.67.